The third-order valence-corrected chi connectivity index (χ3v) is 6.44. The number of piperazine rings is 1. The maximum atomic E-state index is 13.2. The summed E-state index contributed by atoms with van der Waals surface area (Å²) in [6, 6.07) is 15.1. The van der Waals surface area contributed by atoms with Crippen LogP contribution in [0.1, 0.15) is 11.1 Å². The first-order valence-corrected chi connectivity index (χ1v) is 11.6. The average Bonchev–Trinajstić information content (AvgIpc) is 2.85. The van der Waals surface area contributed by atoms with Gasteiger partial charge in [0.05, 0.1) is 5.52 Å². The summed E-state index contributed by atoms with van der Waals surface area (Å²) in [6.07, 6.45) is 3.39. The number of aromatic nitrogens is 3. The van der Waals surface area contributed by atoms with Crippen molar-refractivity contribution in [3.05, 3.63) is 77.2 Å². The number of halogens is 1. The van der Waals surface area contributed by atoms with Crippen molar-refractivity contribution in [3.8, 4) is 11.1 Å². The smallest absolute Gasteiger partial charge is 0.248 e. The number of anilines is 2. The van der Waals surface area contributed by atoms with Gasteiger partial charge in [0.2, 0.25) is 5.91 Å². The number of aryl methyl sites for hydroxylation is 2. The molecule has 1 amide bonds. The second-order valence-electron chi connectivity index (χ2n) is 8.50. The molecule has 3 heterocycles. The van der Waals surface area contributed by atoms with Crippen molar-refractivity contribution in [1.82, 2.24) is 20.3 Å². The zero-order chi connectivity index (χ0) is 23.7. The van der Waals surface area contributed by atoms with Crippen molar-refractivity contribution in [2.75, 3.05) is 29.9 Å². The first kappa shape index (κ1) is 22.3. The van der Waals surface area contributed by atoms with Gasteiger partial charge in [-0.2, -0.15) is 0 Å². The molecule has 1 aliphatic heterocycles. The largest absolute Gasteiger partial charge is 0.340 e. The number of carbonyl (C=O) groups excluding carboxylic acids is 1. The van der Waals surface area contributed by atoms with Gasteiger partial charge < -0.3 is 15.5 Å². The molecule has 0 aliphatic carbocycles. The first-order valence-electron chi connectivity index (χ1n) is 11.2. The van der Waals surface area contributed by atoms with E-state index < -0.39 is 6.04 Å². The minimum absolute atomic E-state index is 0.132. The molecule has 0 spiro atoms. The van der Waals surface area contributed by atoms with Crippen LogP contribution in [-0.4, -0.2) is 46.5 Å². The molecular weight excluding hydrogens is 448 g/mol. The van der Waals surface area contributed by atoms with Crippen molar-refractivity contribution in [2.45, 2.75) is 19.9 Å². The molecule has 2 N–H and O–H groups in total. The third kappa shape index (κ3) is 4.44. The standard InChI is InChI=1S/C26H25ClN6O/c1-16-6-7-18(10-17(16)2)19-11-22-24(29-13-19)25(31-15-30-22)33-9-8-28-14-23(33)26(34)32-21-5-3-4-20(27)12-21/h3-7,10-13,15,23,28H,8-9,14H2,1-2H3,(H,32,34). The van der Waals surface area contributed by atoms with E-state index in [2.05, 4.69) is 52.6 Å². The van der Waals surface area contributed by atoms with Gasteiger partial charge in [-0.05, 0) is 54.8 Å². The molecular formula is C26H25ClN6O. The van der Waals surface area contributed by atoms with Crippen LogP contribution in [0.25, 0.3) is 22.2 Å². The van der Waals surface area contributed by atoms with Gasteiger partial charge in [0, 0.05) is 42.1 Å². The van der Waals surface area contributed by atoms with E-state index in [9.17, 15) is 4.79 Å². The molecule has 0 radical (unpaired) electrons. The van der Waals surface area contributed by atoms with Crippen molar-refractivity contribution in [1.29, 1.82) is 0 Å². The van der Waals surface area contributed by atoms with E-state index >= 15 is 0 Å². The number of pyridine rings is 1. The molecule has 1 fully saturated rings. The number of hydrogen-bond donors (Lipinski definition) is 2. The Morgan fingerprint density at radius 1 is 1.06 bits per heavy atom. The number of fused-ring (bicyclic) bond motifs is 1. The highest BCUT2D eigenvalue weighted by Gasteiger charge is 2.31. The van der Waals surface area contributed by atoms with Crippen LogP contribution in [0.5, 0.6) is 0 Å². The van der Waals surface area contributed by atoms with Crippen LogP contribution in [0.2, 0.25) is 5.02 Å². The van der Waals surface area contributed by atoms with Crippen LogP contribution in [-0.2, 0) is 4.79 Å². The van der Waals surface area contributed by atoms with Crippen LogP contribution in [0.3, 0.4) is 0 Å². The number of nitrogens with zero attached hydrogens (tertiary/aromatic N) is 4. The molecule has 1 saturated heterocycles. The van der Waals surface area contributed by atoms with E-state index in [0.29, 0.717) is 35.1 Å². The van der Waals surface area contributed by atoms with Crippen molar-refractivity contribution in [3.63, 3.8) is 0 Å². The fourth-order valence-corrected chi connectivity index (χ4v) is 4.39. The van der Waals surface area contributed by atoms with E-state index in [1.165, 1.54) is 17.5 Å². The monoisotopic (exact) mass is 472 g/mol. The highest BCUT2D eigenvalue weighted by molar-refractivity contribution is 6.30. The summed E-state index contributed by atoms with van der Waals surface area (Å²) in [7, 11) is 0. The SMILES string of the molecule is Cc1ccc(-c2cnc3c(N4CCNCC4C(=O)Nc4cccc(Cl)c4)ncnc3c2)cc1C. The number of hydrogen-bond acceptors (Lipinski definition) is 6. The summed E-state index contributed by atoms with van der Waals surface area (Å²) >= 11 is 6.08. The van der Waals surface area contributed by atoms with E-state index in [-0.39, 0.29) is 5.91 Å². The zero-order valence-corrected chi connectivity index (χ0v) is 19.8. The Labute approximate surface area is 203 Å². The Bertz CT molecular complexity index is 1370. The van der Waals surface area contributed by atoms with Gasteiger partial charge >= 0.3 is 0 Å². The van der Waals surface area contributed by atoms with Gasteiger partial charge in [0.25, 0.3) is 0 Å². The number of carbonyl (C=O) groups is 1. The number of nitrogens with one attached hydrogen (secondary N) is 2. The molecule has 2 aromatic carbocycles. The second-order valence-corrected chi connectivity index (χ2v) is 8.94. The van der Waals surface area contributed by atoms with E-state index in [1.54, 1.807) is 12.1 Å². The number of benzene rings is 2. The molecule has 7 nitrogen and oxygen atoms in total. The Morgan fingerprint density at radius 2 is 1.94 bits per heavy atom. The molecule has 1 unspecified atom stereocenters. The topological polar surface area (TPSA) is 83.0 Å². The fraction of sp³-hybridized carbons (Fsp3) is 0.231. The minimum Gasteiger partial charge on any atom is -0.340 e. The summed E-state index contributed by atoms with van der Waals surface area (Å²) < 4.78 is 0. The molecule has 1 aliphatic rings. The van der Waals surface area contributed by atoms with Gasteiger partial charge in [-0.15, -0.1) is 0 Å². The summed E-state index contributed by atoms with van der Waals surface area (Å²) in [5.74, 6) is 0.525. The van der Waals surface area contributed by atoms with Crippen molar-refractivity contribution in [2.24, 2.45) is 0 Å². The number of rotatable bonds is 4. The molecule has 5 rings (SSSR count). The predicted molar refractivity (Wildman–Crippen MR) is 136 cm³/mol. The molecule has 34 heavy (non-hydrogen) atoms. The highest BCUT2D eigenvalue weighted by Crippen LogP contribution is 2.28. The van der Waals surface area contributed by atoms with Crippen molar-refractivity contribution >= 4 is 40.0 Å². The molecule has 2 aromatic heterocycles. The van der Waals surface area contributed by atoms with E-state index in [0.717, 1.165) is 23.2 Å². The lowest BCUT2D eigenvalue weighted by atomic mass is 10.0. The Morgan fingerprint density at radius 3 is 2.76 bits per heavy atom. The zero-order valence-electron chi connectivity index (χ0n) is 19.0. The summed E-state index contributed by atoms with van der Waals surface area (Å²) in [4.78, 5) is 29.0. The van der Waals surface area contributed by atoms with Gasteiger partial charge in [-0.25, -0.2) is 9.97 Å². The summed E-state index contributed by atoms with van der Waals surface area (Å²) in [6.45, 7) is 6.07. The van der Waals surface area contributed by atoms with Crippen LogP contribution in [0.15, 0.2) is 61.1 Å². The summed E-state index contributed by atoms with van der Waals surface area (Å²) in [5.41, 5.74) is 6.66. The lowest BCUT2D eigenvalue weighted by Gasteiger charge is -2.36. The van der Waals surface area contributed by atoms with E-state index in [1.807, 2.05) is 29.3 Å². The lowest BCUT2D eigenvalue weighted by molar-refractivity contribution is -0.117. The van der Waals surface area contributed by atoms with Crippen LogP contribution in [0.4, 0.5) is 11.5 Å². The fourth-order valence-electron chi connectivity index (χ4n) is 4.20. The molecule has 4 aromatic rings. The van der Waals surface area contributed by atoms with E-state index in [4.69, 9.17) is 16.6 Å². The van der Waals surface area contributed by atoms with Gasteiger partial charge in [-0.3, -0.25) is 9.78 Å². The molecule has 172 valence electrons. The third-order valence-electron chi connectivity index (χ3n) is 6.21. The molecule has 0 bridgehead atoms. The van der Waals surface area contributed by atoms with Crippen molar-refractivity contribution < 1.29 is 4.79 Å². The predicted octanol–water partition coefficient (Wildman–Crippen LogP) is 4.38. The van der Waals surface area contributed by atoms with Crippen LogP contribution >= 0.6 is 11.6 Å². The molecule has 1 atom stereocenters. The van der Waals surface area contributed by atoms with Crippen LogP contribution < -0.4 is 15.5 Å². The molecule has 0 saturated carbocycles. The average molecular weight is 473 g/mol. The van der Waals surface area contributed by atoms with Gasteiger partial charge in [0.15, 0.2) is 5.82 Å². The molecule has 8 heteroatoms. The minimum atomic E-state index is -0.452. The maximum absolute atomic E-state index is 13.2. The second kappa shape index (κ2) is 9.37. The quantitative estimate of drug-likeness (QED) is 0.458. The van der Waals surface area contributed by atoms with Crippen LogP contribution in [0, 0.1) is 13.8 Å². The Balaban J connectivity index is 1.47. The number of amides is 1. The van der Waals surface area contributed by atoms with Gasteiger partial charge in [-0.1, -0.05) is 35.9 Å². The normalized spacial score (nSPS) is 16.0. The Hall–Kier alpha value is -3.55. The van der Waals surface area contributed by atoms with Gasteiger partial charge in [0.1, 0.15) is 17.9 Å². The highest BCUT2D eigenvalue weighted by atomic mass is 35.5. The first-order chi connectivity index (χ1) is 16.5. The lowest BCUT2D eigenvalue weighted by Crippen LogP contribution is -2.57. The Kier molecular flexibility index (Phi) is 6.13. The summed E-state index contributed by atoms with van der Waals surface area (Å²) in [5, 5.41) is 6.85. The maximum Gasteiger partial charge on any atom is 0.248 e.